The zero-order chi connectivity index (χ0) is 16.1. The summed E-state index contributed by atoms with van der Waals surface area (Å²) in [5.41, 5.74) is 1.16. The first-order chi connectivity index (χ1) is 10.3. The highest BCUT2D eigenvalue weighted by Crippen LogP contribution is 2.08. The van der Waals surface area contributed by atoms with Crippen LogP contribution in [0.25, 0.3) is 0 Å². The fraction of sp³-hybridized carbons (Fsp3) is 0.263. The van der Waals surface area contributed by atoms with Crippen molar-refractivity contribution in [3.63, 3.8) is 0 Å². The molecule has 21 heavy (non-hydrogen) atoms. The average molecular weight is 284 g/mol. The maximum absolute atomic E-state index is 11.8. The van der Waals surface area contributed by atoms with Gasteiger partial charge in [0.1, 0.15) is 0 Å². The molecule has 0 aromatic heterocycles. The molecule has 0 saturated heterocycles. The first-order valence-corrected chi connectivity index (χ1v) is 7.44. The highest BCUT2D eigenvalue weighted by atomic mass is 16.1. The molecule has 0 unspecified atom stereocenters. The average Bonchev–Trinajstić information content (AvgIpc) is 2.60. The summed E-state index contributed by atoms with van der Waals surface area (Å²) >= 11 is 0. The minimum Gasteiger partial charge on any atom is -0.294 e. The van der Waals surface area contributed by atoms with Gasteiger partial charge < -0.3 is 0 Å². The quantitative estimate of drug-likeness (QED) is 0.571. The summed E-state index contributed by atoms with van der Waals surface area (Å²) in [7, 11) is 0. The summed E-state index contributed by atoms with van der Waals surface area (Å²) in [4.78, 5) is 23.6. The van der Waals surface area contributed by atoms with Gasteiger partial charge in [0.15, 0.2) is 11.6 Å². The number of hydrogen-bond acceptors (Lipinski definition) is 2. The van der Waals surface area contributed by atoms with Crippen LogP contribution in [0.4, 0.5) is 0 Å². The lowest BCUT2D eigenvalue weighted by molar-refractivity contribution is 0.0894. The minimum absolute atomic E-state index is 0.0754. The van der Waals surface area contributed by atoms with Crippen LogP contribution in [0.1, 0.15) is 54.8 Å². The third kappa shape index (κ3) is 6.66. The standard InChI is InChI=1S/C15H12O2.2C2H6/c16-14(12-7-3-1-4-8-12)11-15(17)13-9-5-2-6-10-13;2*1-2/h1-10H,11H2;2*1-2H3. The van der Waals surface area contributed by atoms with Crippen LogP contribution in [0, 0.1) is 0 Å². The van der Waals surface area contributed by atoms with Crippen LogP contribution in [0.3, 0.4) is 0 Å². The molecular formula is C19H24O2. The summed E-state index contributed by atoms with van der Waals surface area (Å²) in [6, 6.07) is 17.7. The van der Waals surface area contributed by atoms with E-state index in [2.05, 4.69) is 0 Å². The van der Waals surface area contributed by atoms with Gasteiger partial charge in [0.2, 0.25) is 0 Å². The topological polar surface area (TPSA) is 34.1 Å². The molecule has 0 aliphatic heterocycles. The Kier molecular flexibility index (Phi) is 10.4. The molecule has 0 heterocycles. The van der Waals surface area contributed by atoms with E-state index in [-0.39, 0.29) is 18.0 Å². The lowest BCUT2D eigenvalue weighted by Gasteiger charge is -2.00. The van der Waals surface area contributed by atoms with Crippen LogP contribution in [-0.4, -0.2) is 11.6 Å². The van der Waals surface area contributed by atoms with Crippen molar-refractivity contribution in [1.29, 1.82) is 0 Å². The zero-order valence-corrected chi connectivity index (χ0v) is 13.3. The van der Waals surface area contributed by atoms with E-state index in [1.165, 1.54) is 0 Å². The molecule has 0 atom stereocenters. The summed E-state index contributed by atoms with van der Waals surface area (Å²) in [6.07, 6.45) is -0.0754. The number of rotatable bonds is 4. The Morgan fingerprint density at radius 3 is 1.19 bits per heavy atom. The van der Waals surface area contributed by atoms with Crippen LogP contribution in [0.5, 0.6) is 0 Å². The number of carbonyl (C=O) groups excluding carboxylic acids is 2. The predicted molar refractivity (Wildman–Crippen MR) is 88.9 cm³/mol. The van der Waals surface area contributed by atoms with Crippen LogP contribution < -0.4 is 0 Å². The molecule has 0 N–H and O–H groups in total. The molecule has 0 aliphatic carbocycles. The van der Waals surface area contributed by atoms with Gasteiger partial charge in [-0.15, -0.1) is 0 Å². The van der Waals surface area contributed by atoms with Crippen LogP contribution in [-0.2, 0) is 0 Å². The molecule has 0 fully saturated rings. The molecule has 0 bridgehead atoms. The van der Waals surface area contributed by atoms with Gasteiger partial charge in [-0.1, -0.05) is 88.4 Å². The normalized spacial score (nSPS) is 8.57. The van der Waals surface area contributed by atoms with E-state index in [1.54, 1.807) is 48.5 Å². The Morgan fingerprint density at radius 1 is 0.619 bits per heavy atom. The fourth-order valence-corrected chi connectivity index (χ4v) is 1.60. The van der Waals surface area contributed by atoms with Crippen molar-refractivity contribution in [3.05, 3.63) is 71.8 Å². The SMILES string of the molecule is CC.CC.O=C(CC(=O)c1ccccc1)c1ccccc1. The van der Waals surface area contributed by atoms with Gasteiger partial charge in [-0.25, -0.2) is 0 Å². The number of carbonyl (C=O) groups is 2. The van der Waals surface area contributed by atoms with E-state index in [9.17, 15) is 9.59 Å². The number of hydrogen-bond donors (Lipinski definition) is 0. The predicted octanol–water partition coefficient (Wildman–Crippen LogP) is 5.19. The second kappa shape index (κ2) is 11.6. The number of benzene rings is 2. The highest BCUT2D eigenvalue weighted by molar-refractivity contribution is 6.13. The molecule has 0 radical (unpaired) electrons. The van der Waals surface area contributed by atoms with Crippen molar-refractivity contribution in [1.82, 2.24) is 0 Å². The van der Waals surface area contributed by atoms with Crippen molar-refractivity contribution in [2.45, 2.75) is 34.1 Å². The molecule has 2 aromatic carbocycles. The van der Waals surface area contributed by atoms with Gasteiger partial charge >= 0.3 is 0 Å². The Morgan fingerprint density at radius 2 is 0.905 bits per heavy atom. The second-order valence-electron chi connectivity index (χ2n) is 3.76. The van der Waals surface area contributed by atoms with Crippen LogP contribution in [0.15, 0.2) is 60.7 Å². The van der Waals surface area contributed by atoms with E-state index in [0.29, 0.717) is 11.1 Å². The smallest absolute Gasteiger partial charge is 0.170 e. The van der Waals surface area contributed by atoms with E-state index in [1.807, 2.05) is 39.8 Å². The summed E-state index contributed by atoms with van der Waals surface area (Å²) in [5.74, 6) is -0.279. The Labute approximate surface area is 127 Å². The Hall–Kier alpha value is -2.22. The largest absolute Gasteiger partial charge is 0.294 e. The summed E-state index contributed by atoms with van der Waals surface area (Å²) < 4.78 is 0. The summed E-state index contributed by atoms with van der Waals surface area (Å²) in [6.45, 7) is 8.00. The molecule has 0 amide bonds. The van der Waals surface area contributed by atoms with Gasteiger partial charge in [-0.3, -0.25) is 9.59 Å². The number of ketones is 2. The third-order valence-corrected chi connectivity index (χ3v) is 2.51. The summed E-state index contributed by atoms with van der Waals surface area (Å²) in [5, 5.41) is 0. The fourth-order valence-electron chi connectivity index (χ4n) is 1.60. The van der Waals surface area contributed by atoms with E-state index >= 15 is 0 Å². The van der Waals surface area contributed by atoms with Crippen molar-refractivity contribution < 1.29 is 9.59 Å². The maximum Gasteiger partial charge on any atom is 0.170 e. The first-order valence-electron chi connectivity index (χ1n) is 7.44. The molecule has 2 heteroatoms. The minimum atomic E-state index is -0.139. The molecule has 2 nitrogen and oxygen atoms in total. The number of Topliss-reactive ketones (excluding diaryl/α,β-unsaturated/α-hetero) is 2. The monoisotopic (exact) mass is 284 g/mol. The second-order valence-corrected chi connectivity index (χ2v) is 3.76. The molecule has 2 rings (SSSR count). The molecule has 0 spiro atoms. The van der Waals surface area contributed by atoms with Crippen molar-refractivity contribution >= 4 is 11.6 Å². The van der Waals surface area contributed by atoms with Gasteiger partial charge in [0.05, 0.1) is 6.42 Å². The molecule has 0 aliphatic rings. The lowest BCUT2D eigenvalue weighted by atomic mass is 10.0. The highest BCUT2D eigenvalue weighted by Gasteiger charge is 2.12. The van der Waals surface area contributed by atoms with Gasteiger partial charge in [0.25, 0.3) is 0 Å². The van der Waals surface area contributed by atoms with Gasteiger partial charge in [0, 0.05) is 11.1 Å². The van der Waals surface area contributed by atoms with E-state index < -0.39 is 0 Å². The Bertz CT molecular complexity index is 466. The zero-order valence-electron chi connectivity index (χ0n) is 13.3. The van der Waals surface area contributed by atoms with E-state index in [0.717, 1.165) is 0 Å². The third-order valence-electron chi connectivity index (χ3n) is 2.51. The van der Waals surface area contributed by atoms with Crippen LogP contribution >= 0.6 is 0 Å². The van der Waals surface area contributed by atoms with E-state index in [4.69, 9.17) is 0 Å². The van der Waals surface area contributed by atoms with Gasteiger partial charge in [-0.05, 0) is 0 Å². The van der Waals surface area contributed by atoms with Crippen molar-refractivity contribution in [2.75, 3.05) is 0 Å². The van der Waals surface area contributed by atoms with Gasteiger partial charge in [-0.2, -0.15) is 0 Å². The molecule has 0 saturated carbocycles. The van der Waals surface area contributed by atoms with Crippen molar-refractivity contribution in [3.8, 4) is 0 Å². The molecule has 2 aromatic rings. The first kappa shape index (κ1) is 18.8. The molecular weight excluding hydrogens is 260 g/mol. The van der Waals surface area contributed by atoms with Crippen molar-refractivity contribution in [2.24, 2.45) is 0 Å². The lowest BCUT2D eigenvalue weighted by Crippen LogP contribution is -2.08. The van der Waals surface area contributed by atoms with Crippen LogP contribution in [0.2, 0.25) is 0 Å². The maximum atomic E-state index is 11.8. The molecule has 112 valence electrons. The Balaban J connectivity index is 0.000000921.